The van der Waals surface area contributed by atoms with Gasteiger partial charge in [0.05, 0.1) is 16.4 Å². The molecule has 28 heavy (non-hydrogen) atoms. The van der Waals surface area contributed by atoms with Crippen LogP contribution in [-0.4, -0.2) is 35.6 Å². The molecule has 0 atom stereocenters. The Morgan fingerprint density at radius 1 is 1.14 bits per heavy atom. The number of hydrogen-bond acceptors (Lipinski definition) is 5. The molecule has 0 bridgehead atoms. The maximum absolute atomic E-state index is 13.0. The fourth-order valence-corrected chi connectivity index (χ4v) is 3.25. The van der Waals surface area contributed by atoms with Gasteiger partial charge in [0.2, 0.25) is 5.89 Å². The normalized spacial score (nSPS) is 11.6. The summed E-state index contributed by atoms with van der Waals surface area (Å²) < 4.78 is 18.5. The number of aryl methyl sites for hydroxylation is 1. The average molecular weight is 402 g/mol. The molecule has 0 amide bonds. The molecule has 6 nitrogen and oxygen atoms in total. The van der Waals surface area contributed by atoms with Crippen molar-refractivity contribution in [3.05, 3.63) is 58.1 Å². The van der Waals surface area contributed by atoms with Crippen molar-refractivity contribution in [2.75, 3.05) is 19.6 Å². The Balaban J connectivity index is 1.50. The van der Waals surface area contributed by atoms with Gasteiger partial charge in [-0.05, 0) is 38.1 Å². The highest BCUT2D eigenvalue weighted by Crippen LogP contribution is 2.19. The second-order valence-corrected chi connectivity index (χ2v) is 7.26. The van der Waals surface area contributed by atoms with Crippen molar-refractivity contribution >= 4 is 17.3 Å². The molecule has 1 aromatic carbocycles. The summed E-state index contributed by atoms with van der Waals surface area (Å²) >= 11 is 1.67. The number of halogens is 1. The van der Waals surface area contributed by atoms with E-state index in [4.69, 9.17) is 4.42 Å². The van der Waals surface area contributed by atoms with Crippen LogP contribution >= 0.6 is 11.3 Å². The summed E-state index contributed by atoms with van der Waals surface area (Å²) in [7, 11) is 0. The molecule has 2 heterocycles. The number of thiazole rings is 1. The van der Waals surface area contributed by atoms with E-state index >= 15 is 0 Å². The Hall–Kier alpha value is -2.74. The van der Waals surface area contributed by atoms with Gasteiger partial charge >= 0.3 is 0 Å². The van der Waals surface area contributed by atoms with E-state index in [0.717, 1.165) is 47.4 Å². The number of nitrogens with zero attached hydrogens (tertiary/aromatic N) is 3. The van der Waals surface area contributed by atoms with Crippen LogP contribution in [0.3, 0.4) is 0 Å². The summed E-state index contributed by atoms with van der Waals surface area (Å²) in [6.45, 7) is 6.20. The molecule has 0 aliphatic carbocycles. The van der Waals surface area contributed by atoms with Crippen molar-refractivity contribution in [1.82, 2.24) is 20.6 Å². The van der Waals surface area contributed by atoms with Gasteiger partial charge in [0.1, 0.15) is 12.1 Å². The topological polar surface area (TPSA) is 75.3 Å². The van der Waals surface area contributed by atoms with Gasteiger partial charge in [-0.3, -0.25) is 4.99 Å². The van der Waals surface area contributed by atoms with E-state index in [2.05, 4.69) is 31.0 Å². The number of nitrogens with one attached hydrogen (secondary N) is 2. The van der Waals surface area contributed by atoms with Gasteiger partial charge in [0.25, 0.3) is 0 Å². The van der Waals surface area contributed by atoms with E-state index in [-0.39, 0.29) is 5.82 Å². The minimum atomic E-state index is -0.279. The molecule has 2 N–H and O–H groups in total. The molecular formula is C20H24FN5OS. The monoisotopic (exact) mass is 401 g/mol. The molecule has 2 aromatic heterocycles. The van der Waals surface area contributed by atoms with Crippen molar-refractivity contribution in [1.29, 1.82) is 0 Å². The standard InChI is InChI=1S/C20H24FN5OS/c1-3-22-20(24-11-9-18-13-28-14(2)25-18)23-10-8-17-12-27-19(26-17)15-4-6-16(21)7-5-15/h4-7,12-13H,3,8-11H2,1-2H3,(H2,22,23,24). The third-order valence-corrected chi connectivity index (χ3v) is 4.79. The number of guanidine groups is 1. The maximum Gasteiger partial charge on any atom is 0.226 e. The van der Waals surface area contributed by atoms with Crippen molar-refractivity contribution in [2.24, 2.45) is 4.99 Å². The van der Waals surface area contributed by atoms with E-state index in [1.54, 1.807) is 29.7 Å². The summed E-state index contributed by atoms with van der Waals surface area (Å²) in [6.07, 6.45) is 3.14. The van der Waals surface area contributed by atoms with Gasteiger partial charge in [-0.1, -0.05) is 0 Å². The minimum absolute atomic E-state index is 0.279. The summed E-state index contributed by atoms with van der Waals surface area (Å²) in [5.41, 5.74) is 2.67. The molecule has 0 fully saturated rings. The van der Waals surface area contributed by atoms with Crippen LogP contribution in [0.5, 0.6) is 0 Å². The van der Waals surface area contributed by atoms with Crippen molar-refractivity contribution in [3.63, 3.8) is 0 Å². The summed E-state index contributed by atoms with van der Waals surface area (Å²) in [6, 6.07) is 6.09. The molecule has 3 aromatic rings. The summed E-state index contributed by atoms with van der Waals surface area (Å²) in [5, 5.41) is 9.74. The SMILES string of the molecule is CCNC(=NCCc1coc(-c2ccc(F)cc2)n1)NCCc1csc(C)n1. The summed E-state index contributed by atoms with van der Waals surface area (Å²) in [5.74, 6) is 0.984. The molecular weight excluding hydrogens is 377 g/mol. The largest absolute Gasteiger partial charge is 0.444 e. The lowest BCUT2D eigenvalue weighted by Gasteiger charge is -2.10. The van der Waals surface area contributed by atoms with Gasteiger partial charge in [-0.2, -0.15) is 0 Å². The van der Waals surface area contributed by atoms with Crippen LogP contribution in [0.15, 0.2) is 45.3 Å². The van der Waals surface area contributed by atoms with Crippen LogP contribution in [0.2, 0.25) is 0 Å². The minimum Gasteiger partial charge on any atom is -0.444 e. The quantitative estimate of drug-likeness (QED) is 0.446. The lowest BCUT2D eigenvalue weighted by molar-refractivity contribution is 0.572. The zero-order valence-electron chi connectivity index (χ0n) is 16.0. The second-order valence-electron chi connectivity index (χ2n) is 6.20. The first-order valence-corrected chi connectivity index (χ1v) is 10.2. The predicted octanol–water partition coefficient (Wildman–Crippen LogP) is 3.59. The van der Waals surface area contributed by atoms with Gasteiger partial charge < -0.3 is 15.1 Å². The smallest absolute Gasteiger partial charge is 0.226 e. The van der Waals surface area contributed by atoms with Gasteiger partial charge in [0, 0.05) is 43.4 Å². The molecule has 0 aliphatic heterocycles. The Kier molecular flexibility index (Phi) is 7.13. The first-order chi connectivity index (χ1) is 13.6. The van der Waals surface area contributed by atoms with Crippen molar-refractivity contribution in [3.8, 4) is 11.5 Å². The lowest BCUT2D eigenvalue weighted by atomic mass is 10.2. The Morgan fingerprint density at radius 3 is 2.68 bits per heavy atom. The Morgan fingerprint density at radius 2 is 1.96 bits per heavy atom. The van der Waals surface area contributed by atoms with Crippen LogP contribution in [-0.2, 0) is 12.8 Å². The number of hydrogen-bond donors (Lipinski definition) is 2. The third-order valence-electron chi connectivity index (χ3n) is 3.97. The van der Waals surface area contributed by atoms with E-state index < -0.39 is 0 Å². The van der Waals surface area contributed by atoms with Crippen LogP contribution in [0.25, 0.3) is 11.5 Å². The Bertz CT molecular complexity index is 903. The van der Waals surface area contributed by atoms with Crippen LogP contribution in [0, 0.1) is 12.7 Å². The molecule has 0 unspecified atom stereocenters. The van der Waals surface area contributed by atoms with E-state index in [0.29, 0.717) is 18.9 Å². The fourth-order valence-electron chi connectivity index (χ4n) is 2.60. The highest BCUT2D eigenvalue weighted by molar-refractivity contribution is 7.09. The molecule has 0 spiro atoms. The van der Waals surface area contributed by atoms with Crippen LogP contribution in [0.1, 0.15) is 23.3 Å². The fraction of sp³-hybridized carbons (Fsp3) is 0.350. The molecule has 148 valence electrons. The molecule has 0 aliphatic rings. The maximum atomic E-state index is 13.0. The van der Waals surface area contributed by atoms with E-state index in [1.165, 1.54) is 12.1 Å². The van der Waals surface area contributed by atoms with Crippen LogP contribution in [0.4, 0.5) is 4.39 Å². The highest BCUT2D eigenvalue weighted by atomic mass is 32.1. The predicted molar refractivity (Wildman–Crippen MR) is 110 cm³/mol. The molecule has 8 heteroatoms. The number of oxazole rings is 1. The van der Waals surface area contributed by atoms with E-state index in [1.807, 2.05) is 13.8 Å². The van der Waals surface area contributed by atoms with Gasteiger partial charge in [0.15, 0.2) is 5.96 Å². The molecule has 0 radical (unpaired) electrons. The average Bonchev–Trinajstić information content (AvgIpc) is 3.31. The number of aromatic nitrogens is 2. The second kappa shape index (κ2) is 9.98. The molecule has 3 rings (SSSR count). The molecule has 0 saturated heterocycles. The van der Waals surface area contributed by atoms with E-state index in [9.17, 15) is 4.39 Å². The van der Waals surface area contributed by atoms with Crippen molar-refractivity contribution in [2.45, 2.75) is 26.7 Å². The first-order valence-electron chi connectivity index (χ1n) is 9.27. The number of rotatable bonds is 8. The van der Waals surface area contributed by atoms with Crippen LogP contribution < -0.4 is 10.6 Å². The molecule has 0 saturated carbocycles. The third kappa shape index (κ3) is 5.88. The lowest BCUT2D eigenvalue weighted by Crippen LogP contribution is -2.38. The Labute approximate surface area is 167 Å². The van der Waals surface area contributed by atoms with Gasteiger partial charge in [-0.15, -0.1) is 11.3 Å². The zero-order chi connectivity index (χ0) is 19.8. The van der Waals surface area contributed by atoms with Crippen molar-refractivity contribution < 1.29 is 8.81 Å². The highest BCUT2D eigenvalue weighted by Gasteiger charge is 2.07. The zero-order valence-corrected chi connectivity index (χ0v) is 16.9. The number of benzene rings is 1. The first kappa shape index (κ1) is 20.0. The van der Waals surface area contributed by atoms with Gasteiger partial charge in [-0.25, -0.2) is 14.4 Å². The summed E-state index contributed by atoms with van der Waals surface area (Å²) in [4.78, 5) is 13.5. The number of aliphatic imine (C=N–C) groups is 1.